The SMILES string of the molecule is COc1cc(/C=C2\SC(=Nc3ccccc3)N([C@@H]3CCCC[C@H]3C)C2=O)cc(Br)c1OC. The summed E-state index contributed by atoms with van der Waals surface area (Å²) in [5, 5.41) is 0.755. The number of hydrogen-bond acceptors (Lipinski definition) is 5. The lowest BCUT2D eigenvalue weighted by molar-refractivity contribution is -0.124. The van der Waals surface area contributed by atoms with Gasteiger partial charge in [-0.05, 0) is 82.4 Å². The quantitative estimate of drug-likeness (QED) is 0.419. The fourth-order valence-electron chi connectivity index (χ4n) is 4.32. The van der Waals surface area contributed by atoms with Gasteiger partial charge in [0.05, 0.1) is 29.3 Å². The van der Waals surface area contributed by atoms with Crippen molar-refractivity contribution in [2.75, 3.05) is 14.2 Å². The van der Waals surface area contributed by atoms with Crippen LogP contribution in [0.2, 0.25) is 0 Å². The molecule has 1 heterocycles. The second-order valence-corrected chi connectivity index (χ2v) is 9.95. The molecule has 0 N–H and O–H groups in total. The van der Waals surface area contributed by atoms with Gasteiger partial charge in [0.15, 0.2) is 16.7 Å². The molecule has 1 amide bonds. The van der Waals surface area contributed by atoms with Crippen LogP contribution in [0.4, 0.5) is 5.69 Å². The van der Waals surface area contributed by atoms with E-state index in [1.165, 1.54) is 18.2 Å². The number of aliphatic imine (C=N–C) groups is 1. The van der Waals surface area contributed by atoms with E-state index >= 15 is 0 Å². The molecule has 2 aromatic rings. The summed E-state index contributed by atoms with van der Waals surface area (Å²) >= 11 is 4.98. The van der Waals surface area contributed by atoms with Crippen molar-refractivity contribution in [3.63, 3.8) is 0 Å². The number of ether oxygens (including phenoxy) is 2. The predicted molar refractivity (Wildman–Crippen MR) is 135 cm³/mol. The normalized spacial score (nSPS) is 23.8. The summed E-state index contributed by atoms with van der Waals surface area (Å²) in [4.78, 5) is 21.1. The van der Waals surface area contributed by atoms with Crippen molar-refractivity contribution in [1.82, 2.24) is 4.90 Å². The Balaban J connectivity index is 1.74. The molecule has 4 rings (SSSR count). The molecule has 32 heavy (non-hydrogen) atoms. The Hall–Kier alpha value is -2.25. The highest BCUT2D eigenvalue weighted by Crippen LogP contribution is 2.42. The van der Waals surface area contributed by atoms with E-state index in [4.69, 9.17) is 14.5 Å². The minimum Gasteiger partial charge on any atom is -0.493 e. The Kier molecular flexibility index (Phi) is 7.26. The van der Waals surface area contributed by atoms with Crippen molar-refractivity contribution in [2.24, 2.45) is 10.9 Å². The van der Waals surface area contributed by atoms with Gasteiger partial charge in [-0.2, -0.15) is 0 Å². The van der Waals surface area contributed by atoms with Crippen LogP contribution in [-0.2, 0) is 4.79 Å². The summed E-state index contributed by atoms with van der Waals surface area (Å²) < 4.78 is 11.7. The zero-order valence-corrected chi connectivity index (χ0v) is 20.9. The molecule has 0 bridgehead atoms. The van der Waals surface area contributed by atoms with E-state index in [1.807, 2.05) is 53.4 Å². The highest BCUT2D eigenvalue weighted by Gasteiger charge is 2.41. The molecule has 2 aromatic carbocycles. The minimum absolute atomic E-state index is 0.0225. The maximum Gasteiger partial charge on any atom is 0.267 e. The Morgan fingerprint density at radius 2 is 1.88 bits per heavy atom. The van der Waals surface area contributed by atoms with Gasteiger partial charge in [0.1, 0.15) is 0 Å². The number of para-hydroxylation sites is 1. The topological polar surface area (TPSA) is 51.1 Å². The van der Waals surface area contributed by atoms with Crippen LogP contribution in [0.5, 0.6) is 11.5 Å². The van der Waals surface area contributed by atoms with E-state index in [0.717, 1.165) is 40.2 Å². The molecular weight excluding hydrogens is 488 g/mol. The van der Waals surface area contributed by atoms with Gasteiger partial charge in [-0.15, -0.1) is 0 Å². The number of methoxy groups -OCH3 is 2. The lowest BCUT2D eigenvalue weighted by atomic mass is 9.85. The number of benzene rings is 2. The summed E-state index contributed by atoms with van der Waals surface area (Å²) in [6, 6.07) is 13.8. The van der Waals surface area contributed by atoms with Crippen LogP contribution >= 0.6 is 27.7 Å². The predicted octanol–water partition coefficient (Wildman–Crippen LogP) is 6.65. The van der Waals surface area contributed by atoms with Crippen LogP contribution in [0.25, 0.3) is 6.08 Å². The lowest BCUT2D eigenvalue weighted by Gasteiger charge is -2.35. The Bertz CT molecular complexity index is 1050. The molecule has 1 aliphatic carbocycles. The molecule has 0 spiro atoms. The van der Waals surface area contributed by atoms with E-state index in [1.54, 1.807) is 14.2 Å². The van der Waals surface area contributed by atoms with Crippen molar-refractivity contribution in [3.05, 3.63) is 57.4 Å². The van der Waals surface area contributed by atoms with Gasteiger partial charge in [0.25, 0.3) is 5.91 Å². The zero-order valence-electron chi connectivity index (χ0n) is 18.5. The van der Waals surface area contributed by atoms with E-state index in [9.17, 15) is 4.79 Å². The first-order valence-electron chi connectivity index (χ1n) is 10.8. The first kappa shape index (κ1) is 22.9. The second kappa shape index (κ2) is 10.1. The van der Waals surface area contributed by atoms with Gasteiger partial charge in [0, 0.05) is 6.04 Å². The number of amidine groups is 1. The standard InChI is InChI=1S/C25H27BrN2O3S/c1-16-9-7-8-12-20(16)28-24(29)22(32-25(28)27-18-10-5-4-6-11-18)15-17-13-19(26)23(31-3)21(14-17)30-2/h4-6,10-11,13-16,20H,7-9,12H2,1-3H3/b22-15-,27-25?/t16-,20-/m1/s1. The second-order valence-electron chi connectivity index (χ2n) is 8.08. The summed E-state index contributed by atoms with van der Waals surface area (Å²) in [6.45, 7) is 2.25. The molecule has 0 unspecified atom stereocenters. The zero-order chi connectivity index (χ0) is 22.7. The van der Waals surface area contributed by atoms with Crippen molar-refractivity contribution < 1.29 is 14.3 Å². The van der Waals surface area contributed by atoms with Crippen LogP contribution in [-0.4, -0.2) is 36.2 Å². The fraction of sp³-hybridized carbons (Fsp3) is 0.360. The molecule has 0 aromatic heterocycles. The van der Waals surface area contributed by atoms with Gasteiger partial charge in [-0.1, -0.05) is 38.0 Å². The van der Waals surface area contributed by atoms with E-state index in [-0.39, 0.29) is 11.9 Å². The van der Waals surface area contributed by atoms with Gasteiger partial charge in [0.2, 0.25) is 0 Å². The fourth-order valence-corrected chi connectivity index (χ4v) is 5.99. The van der Waals surface area contributed by atoms with Crippen LogP contribution in [0.15, 0.2) is 56.8 Å². The van der Waals surface area contributed by atoms with E-state index in [2.05, 4.69) is 22.9 Å². The highest BCUT2D eigenvalue weighted by atomic mass is 79.9. The average Bonchev–Trinajstić information content (AvgIpc) is 3.08. The third-order valence-electron chi connectivity index (χ3n) is 5.97. The Morgan fingerprint density at radius 3 is 2.56 bits per heavy atom. The number of carbonyl (C=O) groups is 1. The minimum atomic E-state index is 0.0225. The third kappa shape index (κ3) is 4.74. The van der Waals surface area contributed by atoms with Crippen molar-refractivity contribution >= 4 is 50.5 Å². The molecule has 1 saturated carbocycles. The number of thioether (sulfide) groups is 1. The monoisotopic (exact) mass is 514 g/mol. The van der Waals surface area contributed by atoms with Crippen molar-refractivity contribution in [1.29, 1.82) is 0 Å². The molecule has 2 fully saturated rings. The van der Waals surface area contributed by atoms with Crippen LogP contribution in [0.1, 0.15) is 38.2 Å². The molecule has 168 valence electrons. The summed E-state index contributed by atoms with van der Waals surface area (Å²) in [5.41, 5.74) is 1.72. The molecular formula is C25H27BrN2O3S. The van der Waals surface area contributed by atoms with Gasteiger partial charge in [-0.25, -0.2) is 4.99 Å². The Morgan fingerprint density at radius 1 is 1.12 bits per heavy atom. The molecule has 7 heteroatoms. The highest BCUT2D eigenvalue weighted by molar-refractivity contribution is 9.10. The summed E-state index contributed by atoms with van der Waals surface area (Å²) in [5.74, 6) is 1.71. The first-order valence-corrected chi connectivity index (χ1v) is 12.4. The van der Waals surface area contributed by atoms with Gasteiger partial charge >= 0.3 is 0 Å². The van der Waals surface area contributed by atoms with Gasteiger partial charge in [-0.3, -0.25) is 9.69 Å². The number of nitrogens with zero attached hydrogens (tertiary/aromatic N) is 2. The number of rotatable bonds is 5. The number of hydrogen-bond donors (Lipinski definition) is 0. The lowest BCUT2D eigenvalue weighted by Crippen LogP contribution is -2.44. The van der Waals surface area contributed by atoms with Crippen molar-refractivity contribution in [3.8, 4) is 11.5 Å². The molecule has 1 aliphatic heterocycles. The molecule has 2 aliphatic rings. The third-order valence-corrected chi connectivity index (χ3v) is 7.54. The largest absolute Gasteiger partial charge is 0.493 e. The molecule has 1 saturated heterocycles. The molecule has 2 atom stereocenters. The van der Waals surface area contributed by atoms with Crippen LogP contribution < -0.4 is 9.47 Å². The van der Waals surface area contributed by atoms with E-state index in [0.29, 0.717) is 22.3 Å². The summed E-state index contributed by atoms with van der Waals surface area (Å²) in [6.07, 6.45) is 6.42. The van der Waals surface area contributed by atoms with Gasteiger partial charge < -0.3 is 9.47 Å². The van der Waals surface area contributed by atoms with Crippen LogP contribution in [0.3, 0.4) is 0 Å². The van der Waals surface area contributed by atoms with Crippen molar-refractivity contribution in [2.45, 2.75) is 38.6 Å². The number of halogens is 1. The molecule has 5 nitrogen and oxygen atoms in total. The smallest absolute Gasteiger partial charge is 0.267 e. The van der Waals surface area contributed by atoms with Crippen LogP contribution in [0, 0.1) is 5.92 Å². The number of amides is 1. The Labute approximate surface area is 202 Å². The molecule has 0 radical (unpaired) electrons. The first-order chi connectivity index (χ1) is 15.5. The maximum absolute atomic E-state index is 13.6. The number of carbonyl (C=O) groups excluding carboxylic acids is 1. The summed E-state index contributed by atoms with van der Waals surface area (Å²) in [7, 11) is 3.21. The maximum atomic E-state index is 13.6. The van der Waals surface area contributed by atoms with E-state index < -0.39 is 0 Å². The average molecular weight is 515 g/mol.